The average molecular weight is 500 g/mol. The number of aromatic nitrogens is 5. The summed E-state index contributed by atoms with van der Waals surface area (Å²) in [6.45, 7) is 14.0. The van der Waals surface area contributed by atoms with Gasteiger partial charge in [0.05, 0.1) is 35.4 Å². The Morgan fingerprint density at radius 1 is 0.946 bits per heavy atom. The molecule has 0 aliphatic carbocycles. The largest absolute Gasteiger partial charge is 0.487 e. The Balaban J connectivity index is 1.73. The van der Waals surface area contributed by atoms with Crippen molar-refractivity contribution in [2.75, 3.05) is 7.11 Å². The maximum absolute atomic E-state index is 13.6. The summed E-state index contributed by atoms with van der Waals surface area (Å²) < 4.78 is 12.9. The number of aryl methyl sites for hydroxylation is 3. The minimum absolute atomic E-state index is 0.149. The Morgan fingerprint density at radius 2 is 1.68 bits per heavy atom. The van der Waals surface area contributed by atoms with Crippen molar-refractivity contribution in [2.24, 2.45) is 0 Å². The second-order valence-electron chi connectivity index (χ2n) is 10.2. The van der Waals surface area contributed by atoms with Crippen LogP contribution in [0.1, 0.15) is 54.7 Å². The Hall–Kier alpha value is -4.07. The summed E-state index contributed by atoms with van der Waals surface area (Å²) in [5.41, 5.74) is 5.64. The molecule has 0 saturated heterocycles. The molecule has 8 nitrogen and oxygen atoms in total. The van der Waals surface area contributed by atoms with E-state index in [1.807, 2.05) is 51.2 Å². The third-order valence-electron chi connectivity index (χ3n) is 6.15. The van der Waals surface area contributed by atoms with Crippen LogP contribution in [0.2, 0.25) is 0 Å². The molecule has 4 aromatic heterocycles. The van der Waals surface area contributed by atoms with Crippen LogP contribution >= 0.6 is 0 Å². The summed E-state index contributed by atoms with van der Waals surface area (Å²) in [5.74, 6) is 1.78. The van der Waals surface area contributed by atoms with Crippen LogP contribution in [0.5, 0.6) is 11.6 Å². The summed E-state index contributed by atoms with van der Waals surface area (Å²) in [6.07, 6.45) is 3.61. The molecule has 37 heavy (non-hydrogen) atoms. The molecule has 192 valence electrons. The molecule has 0 bridgehead atoms. The van der Waals surface area contributed by atoms with Gasteiger partial charge in [-0.25, -0.2) is 15.0 Å². The topological polar surface area (TPSA) is 92.0 Å². The molecule has 0 N–H and O–H groups in total. The molecule has 0 atom stereocenters. The molecule has 0 aliphatic heterocycles. The lowest BCUT2D eigenvalue weighted by Crippen LogP contribution is -2.24. The van der Waals surface area contributed by atoms with Crippen molar-refractivity contribution in [1.29, 1.82) is 0 Å². The number of nitrogens with zero attached hydrogens (tertiary/aromatic N) is 5. The SMILES string of the molecule is COc1cccc(COc2cc(C)n(-c3cc(-c4nc(C(C)(C)C)ncc4C)ncc3C)c(=O)c2C)n1. The molecule has 4 rings (SSSR count). The van der Waals surface area contributed by atoms with Gasteiger partial charge in [-0.05, 0) is 51.0 Å². The number of rotatable bonds is 6. The van der Waals surface area contributed by atoms with Gasteiger partial charge in [0.25, 0.3) is 5.56 Å². The lowest BCUT2D eigenvalue weighted by molar-refractivity contribution is 0.294. The highest BCUT2D eigenvalue weighted by molar-refractivity contribution is 5.62. The van der Waals surface area contributed by atoms with Crippen molar-refractivity contribution < 1.29 is 9.47 Å². The first-order valence-electron chi connectivity index (χ1n) is 12.2. The molecule has 0 aromatic carbocycles. The summed E-state index contributed by atoms with van der Waals surface area (Å²) in [6, 6.07) is 9.29. The number of hydrogen-bond acceptors (Lipinski definition) is 7. The normalized spacial score (nSPS) is 11.5. The highest BCUT2D eigenvalue weighted by atomic mass is 16.5. The van der Waals surface area contributed by atoms with E-state index < -0.39 is 0 Å². The Bertz CT molecular complexity index is 1520. The zero-order valence-electron chi connectivity index (χ0n) is 22.7. The second kappa shape index (κ2) is 10.1. The van der Waals surface area contributed by atoms with Crippen molar-refractivity contribution >= 4 is 0 Å². The van der Waals surface area contributed by atoms with Crippen molar-refractivity contribution in [3.05, 3.63) is 87.0 Å². The smallest absolute Gasteiger partial charge is 0.261 e. The Morgan fingerprint density at radius 3 is 2.38 bits per heavy atom. The van der Waals surface area contributed by atoms with E-state index in [1.54, 1.807) is 30.9 Å². The molecule has 0 spiro atoms. The number of pyridine rings is 3. The predicted octanol–water partition coefficient (Wildman–Crippen LogP) is 5.20. The summed E-state index contributed by atoms with van der Waals surface area (Å²) >= 11 is 0. The zero-order chi connectivity index (χ0) is 26.9. The van der Waals surface area contributed by atoms with Gasteiger partial charge in [0.15, 0.2) is 0 Å². The fourth-order valence-electron chi connectivity index (χ4n) is 3.99. The predicted molar refractivity (Wildman–Crippen MR) is 144 cm³/mol. The molecular formula is C29H33N5O3. The van der Waals surface area contributed by atoms with Crippen LogP contribution in [-0.4, -0.2) is 31.6 Å². The first-order valence-corrected chi connectivity index (χ1v) is 12.2. The van der Waals surface area contributed by atoms with Gasteiger partial charge in [-0.3, -0.25) is 14.3 Å². The van der Waals surface area contributed by atoms with Crippen LogP contribution in [0.15, 0.2) is 47.5 Å². The molecular weight excluding hydrogens is 466 g/mol. The summed E-state index contributed by atoms with van der Waals surface area (Å²) in [4.78, 5) is 31.9. The van der Waals surface area contributed by atoms with E-state index in [4.69, 9.17) is 14.5 Å². The third kappa shape index (κ3) is 5.38. The standard InChI is InChI=1S/C29H33N5O3/c1-17-14-30-22(26-18(2)15-31-28(33-26)29(5,6)7)13-23(17)34-19(3)12-24(20(4)27(34)35)37-16-21-10-9-11-25(32-21)36-8/h9-15H,16H2,1-8H3. The lowest BCUT2D eigenvalue weighted by Gasteiger charge is -2.19. The van der Waals surface area contributed by atoms with Gasteiger partial charge in [-0.2, -0.15) is 0 Å². The van der Waals surface area contributed by atoms with E-state index in [0.717, 1.165) is 34.0 Å². The van der Waals surface area contributed by atoms with E-state index in [0.29, 0.717) is 28.6 Å². The molecule has 4 aromatic rings. The maximum atomic E-state index is 13.6. The first-order chi connectivity index (χ1) is 17.5. The number of hydrogen-bond donors (Lipinski definition) is 0. The summed E-state index contributed by atoms with van der Waals surface area (Å²) in [5, 5.41) is 0. The molecule has 0 radical (unpaired) electrons. The fourth-order valence-corrected chi connectivity index (χ4v) is 3.99. The number of ether oxygens (including phenoxy) is 2. The number of methoxy groups -OCH3 is 1. The molecule has 0 fully saturated rings. The van der Waals surface area contributed by atoms with Gasteiger partial charge in [-0.15, -0.1) is 0 Å². The monoisotopic (exact) mass is 499 g/mol. The van der Waals surface area contributed by atoms with E-state index in [1.165, 1.54) is 0 Å². The van der Waals surface area contributed by atoms with Crippen LogP contribution in [0.25, 0.3) is 17.1 Å². The molecule has 8 heteroatoms. The van der Waals surface area contributed by atoms with E-state index in [2.05, 4.69) is 35.7 Å². The van der Waals surface area contributed by atoms with Crippen LogP contribution in [0.4, 0.5) is 0 Å². The minimum Gasteiger partial charge on any atom is -0.487 e. The third-order valence-corrected chi connectivity index (χ3v) is 6.15. The highest BCUT2D eigenvalue weighted by Crippen LogP contribution is 2.27. The maximum Gasteiger partial charge on any atom is 0.261 e. The van der Waals surface area contributed by atoms with Crippen molar-refractivity contribution in [1.82, 2.24) is 24.5 Å². The van der Waals surface area contributed by atoms with Gasteiger partial charge >= 0.3 is 0 Å². The van der Waals surface area contributed by atoms with Crippen LogP contribution in [-0.2, 0) is 12.0 Å². The van der Waals surface area contributed by atoms with Crippen molar-refractivity contribution in [2.45, 2.75) is 60.5 Å². The molecule has 0 amide bonds. The summed E-state index contributed by atoms with van der Waals surface area (Å²) in [7, 11) is 1.57. The second-order valence-corrected chi connectivity index (χ2v) is 10.2. The molecule has 0 saturated carbocycles. The van der Waals surface area contributed by atoms with Crippen LogP contribution < -0.4 is 15.0 Å². The Labute approximate surface area is 217 Å². The minimum atomic E-state index is -0.198. The lowest BCUT2D eigenvalue weighted by atomic mass is 9.95. The van der Waals surface area contributed by atoms with Gasteiger partial charge in [0.2, 0.25) is 5.88 Å². The van der Waals surface area contributed by atoms with Gasteiger partial charge in [0.1, 0.15) is 18.2 Å². The van der Waals surface area contributed by atoms with Crippen molar-refractivity contribution in [3.8, 4) is 28.7 Å². The first kappa shape index (κ1) is 26.0. The van der Waals surface area contributed by atoms with Crippen molar-refractivity contribution in [3.63, 3.8) is 0 Å². The zero-order valence-corrected chi connectivity index (χ0v) is 22.7. The van der Waals surface area contributed by atoms with Gasteiger partial charge < -0.3 is 9.47 Å². The van der Waals surface area contributed by atoms with E-state index >= 15 is 0 Å². The van der Waals surface area contributed by atoms with Gasteiger partial charge in [-0.1, -0.05) is 26.8 Å². The Kier molecular flexibility index (Phi) is 7.12. The molecule has 4 heterocycles. The molecule has 0 unspecified atom stereocenters. The molecule has 0 aliphatic rings. The fraction of sp³-hybridized carbons (Fsp3) is 0.345. The highest BCUT2D eigenvalue weighted by Gasteiger charge is 2.21. The van der Waals surface area contributed by atoms with E-state index in [9.17, 15) is 4.79 Å². The van der Waals surface area contributed by atoms with Gasteiger partial charge in [0, 0.05) is 35.6 Å². The van der Waals surface area contributed by atoms with E-state index in [-0.39, 0.29) is 17.6 Å². The average Bonchev–Trinajstić information content (AvgIpc) is 2.86. The quantitative estimate of drug-likeness (QED) is 0.360. The van der Waals surface area contributed by atoms with Crippen LogP contribution in [0, 0.1) is 27.7 Å². The van der Waals surface area contributed by atoms with Crippen LogP contribution in [0.3, 0.4) is 0 Å².